The molecule has 1 heterocycles. The zero-order chi connectivity index (χ0) is 17.3. The Morgan fingerprint density at radius 2 is 1.52 bits per heavy atom. The molecule has 0 aromatic rings. The van der Waals surface area contributed by atoms with Gasteiger partial charge in [0.2, 0.25) is 0 Å². The van der Waals surface area contributed by atoms with E-state index < -0.39 is 17.0 Å². The number of hydrogen-bond donors (Lipinski definition) is 1. The van der Waals surface area contributed by atoms with Crippen LogP contribution in [-0.4, -0.2) is 40.8 Å². The van der Waals surface area contributed by atoms with Crippen LogP contribution in [0.2, 0.25) is 0 Å². The molecule has 5 nitrogen and oxygen atoms in total. The molecule has 0 radical (unpaired) electrons. The van der Waals surface area contributed by atoms with Gasteiger partial charge in [0.1, 0.15) is 5.60 Å². The van der Waals surface area contributed by atoms with Gasteiger partial charge in [0, 0.05) is 13.1 Å². The third-order valence-electron chi connectivity index (χ3n) is 5.79. The van der Waals surface area contributed by atoms with Crippen LogP contribution in [0.15, 0.2) is 0 Å². The minimum atomic E-state index is -0.702. The number of likely N-dealkylation sites (tertiary alicyclic amines) is 1. The van der Waals surface area contributed by atoms with E-state index in [1.54, 1.807) is 4.90 Å². The van der Waals surface area contributed by atoms with Gasteiger partial charge in [-0.15, -0.1) is 0 Å². The minimum Gasteiger partial charge on any atom is -0.481 e. The van der Waals surface area contributed by atoms with E-state index in [4.69, 9.17) is 4.74 Å². The number of hydrogen-bond acceptors (Lipinski definition) is 3. The minimum absolute atomic E-state index is 0.156. The third-order valence-corrected chi connectivity index (χ3v) is 5.79. The van der Waals surface area contributed by atoms with E-state index in [-0.39, 0.29) is 11.5 Å². The molecule has 0 unspecified atom stereocenters. The second kappa shape index (κ2) is 6.33. The van der Waals surface area contributed by atoms with Crippen molar-refractivity contribution < 1.29 is 19.4 Å². The lowest BCUT2D eigenvalue weighted by molar-refractivity contribution is -0.166. The van der Waals surface area contributed by atoms with E-state index in [1.165, 1.54) is 6.42 Å². The number of carboxylic acid groups (broad SMARTS) is 1. The molecule has 1 N–H and O–H groups in total. The molecule has 1 aliphatic carbocycles. The monoisotopic (exact) mass is 325 g/mol. The fraction of sp³-hybridized carbons (Fsp3) is 0.889. The van der Waals surface area contributed by atoms with Gasteiger partial charge in [-0.25, -0.2) is 4.79 Å². The molecule has 132 valence electrons. The molecule has 0 aromatic heterocycles. The topological polar surface area (TPSA) is 66.8 Å². The first-order valence-corrected chi connectivity index (χ1v) is 8.81. The van der Waals surface area contributed by atoms with E-state index in [1.807, 2.05) is 20.8 Å². The second-order valence-corrected chi connectivity index (χ2v) is 8.48. The van der Waals surface area contributed by atoms with Gasteiger partial charge in [-0.05, 0) is 51.9 Å². The summed E-state index contributed by atoms with van der Waals surface area (Å²) < 4.78 is 5.42. The highest BCUT2D eigenvalue weighted by Gasteiger charge is 2.55. The molecular weight excluding hydrogens is 294 g/mol. The molecule has 1 saturated heterocycles. The predicted octanol–water partition coefficient (Wildman–Crippen LogP) is 4.06. The SMILES string of the molecule is CC(C)(C)OC(=O)N1CCC(C(=O)O)(C2(C)CCCCC2)CC1. The average molecular weight is 325 g/mol. The Bertz CT molecular complexity index is 452. The van der Waals surface area contributed by atoms with E-state index in [2.05, 4.69) is 6.92 Å². The number of carbonyl (C=O) groups excluding carboxylic acids is 1. The van der Waals surface area contributed by atoms with Crippen molar-refractivity contribution in [3.63, 3.8) is 0 Å². The normalized spacial score (nSPS) is 24.1. The Morgan fingerprint density at radius 3 is 1.96 bits per heavy atom. The predicted molar refractivity (Wildman–Crippen MR) is 88.3 cm³/mol. The molecule has 2 fully saturated rings. The van der Waals surface area contributed by atoms with E-state index >= 15 is 0 Å². The molecule has 5 heteroatoms. The lowest BCUT2D eigenvalue weighted by Gasteiger charge is -2.51. The Kier molecular flexibility index (Phi) is 4.97. The Morgan fingerprint density at radius 1 is 1.00 bits per heavy atom. The first kappa shape index (κ1) is 18.1. The van der Waals surface area contributed by atoms with Crippen molar-refractivity contribution in [2.45, 2.75) is 78.2 Å². The number of rotatable bonds is 2. The Labute approximate surface area is 139 Å². The fourth-order valence-electron chi connectivity index (χ4n) is 4.28. The molecule has 1 aliphatic heterocycles. The molecule has 0 atom stereocenters. The molecular formula is C18H31NO4. The lowest BCUT2D eigenvalue weighted by atomic mass is 9.54. The summed E-state index contributed by atoms with van der Waals surface area (Å²) in [5.41, 5.74) is -1.38. The lowest BCUT2D eigenvalue weighted by Crippen LogP contribution is -2.55. The van der Waals surface area contributed by atoms with Crippen LogP contribution in [-0.2, 0) is 9.53 Å². The molecule has 0 spiro atoms. The van der Waals surface area contributed by atoms with Crippen molar-refractivity contribution in [1.29, 1.82) is 0 Å². The van der Waals surface area contributed by atoms with Gasteiger partial charge in [-0.3, -0.25) is 4.79 Å². The number of ether oxygens (including phenoxy) is 1. The van der Waals surface area contributed by atoms with Gasteiger partial charge in [0.25, 0.3) is 0 Å². The zero-order valence-electron chi connectivity index (χ0n) is 15.0. The van der Waals surface area contributed by atoms with Crippen LogP contribution in [0.3, 0.4) is 0 Å². The van der Waals surface area contributed by atoms with Gasteiger partial charge < -0.3 is 14.7 Å². The summed E-state index contributed by atoms with van der Waals surface area (Å²) >= 11 is 0. The van der Waals surface area contributed by atoms with Gasteiger partial charge in [0.05, 0.1) is 5.41 Å². The molecule has 2 rings (SSSR count). The smallest absolute Gasteiger partial charge is 0.410 e. The highest BCUT2D eigenvalue weighted by atomic mass is 16.6. The zero-order valence-corrected chi connectivity index (χ0v) is 15.0. The maximum atomic E-state index is 12.2. The number of amides is 1. The Hall–Kier alpha value is -1.26. The quantitative estimate of drug-likeness (QED) is 0.831. The Balaban J connectivity index is 2.09. The molecule has 2 aliphatic rings. The van der Waals surface area contributed by atoms with Crippen molar-refractivity contribution in [2.75, 3.05) is 13.1 Å². The maximum absolute atomic E-state index is 12.2. The second-order valence-electron chi connectivity index (χ2n) is 8.48. The van der Waals surface area contributed by atoms with Gasteiger partial charge in [-0.1, -0.05) is 26.2 Å². The van der Waals surface area contributed by atoms with Crippen LogP contribution in [0.25, 0.3) is 0 Å². The van der Waals surface area contributed by atoms with Crippen LogP contribution in [0.1, 0.15) is 72.6 Å². The van der Waals surface area contributed by atoms with Crippen LogP contribution in [0.4, 0.5) is 4.79 Å². The van der Waals surface area contributed by atoms with Crippen molar-refractivity contribution in [3.05, 3.63) is 0 Å². The van der Waals surface area contributed by atoms with Crippen molar-refractivity contribution in [2.24, 2.45) is 10.8 Å². The van der Waals surface area contributed by atoms with E-state index in [0.29, 0.717) is 25.9 Å². The highest BCUT2D eigenvalue weighted by Crippen LogP contribution is 2.55. The van der Waals surface area contributed by atoms with Crippen LogP contribution >= 0.6 is 0 Å². The molecule has 1 amide bonds. The first-order chi connectivity index (χ1) is 10.6. The van der Waals surface area contributed by atoms with Crippen molar-refractivity contribution in [1.82, 2.24) is 4.90 Å². The number of nitrogens with zero attached hydrogens (tertiary/aromatic N) is 1. The molecule has 0 bridgehead atoms. The van der Waals surface area contributed by atoms with Crippen LogP contribution < -0.4 is 0 Å². The summed E-state index contributed by atoms with van der Waals surface area (Å²) in [6.07, 6.45) is 6.11. The van der Waals surface area contributed by atoms with Crippen molar-refractivity contribution in [3.8, 4) is 0 Å². The largest absolute Gasteiger partial charge is 0.481 e. The molecule has 0 aromatic carbocycles. The molecule has 23 heavy (non-hydrogen) atoms. The summed E-state index contributed by atoms with van der Waals surface area (Å²) in [6, 6.07) is 0. The number of piperidine rings is 1. The third kappa shape index (κ3) is 3.64. The summed E-state index contributed by atoms with van der Waals surface area (Å²) in [6.45, 7) is 8.62. The van der Waals surface area contributed by atoms with Crippen molar-refractivity contribution >= 4 is 12.1 Å². The summed E-state index contributed by atoms with van der Waals surface area (Å²) in [5.74, 6) is -0.689. The molecule has 1 saturated carbocycles. The number of carbonyl (C=O) groups is 2. The first-order valence-electron chi connectivity index (χ1n) is 8.81. The number of aliphatic carboxylic acids is 1. The average Bonchev–Trinajstić information content (AvgIpc) is 2.46. The van der Waals surface area contributed by atoms with E-state index in [0.717, 1.165) is 25.7 Å². The number of carboxylic acids is 1. The summed E-state index contributed by atoms with van der Waals surface area (Å²) in [4.78, 5) is 26.0. The standard InChI is InChI=1S/C18H31NO4/c1-16(2,3)23-15(22)19-12-10-18(11-13-19,14(20)21)17(4)8-6-5-7-9-17/h5-13H2,1-4H3,(H,20,21). The van der Waals surface area contributed by atoms with Gasteiger partial charge in [-0.2, -0.15) is 0 Å². The van der Waals surface area contributed by atoms with Gasteiger partial charge in [0.15, 0.2) is 0 Å². The van der Waals surface area contributed by atoms with Crippen LogP contribution in [0.5, 0.6) is 0 Å². The summed E-state index contributed by atoms with van der Waals surface area (Å²) in [7, 11) is 0. The van der Waals surface area contributed by atoms with E-state index in [9.17, 15) is 14.7 Å². The van der Waals surface area contributed by atoms with Crippen LogP contribution in [0, 0.1) is 10.8 Å². The summed E-state index contributed by atoms with van der Waals surface area (Å²) in [5, 5.41) is 9.98. The highest BCUT2D eigenvalue weighted by molar-refractivity contribution is 5.77. The fourth-order valence-corrected chi connectivity index (χ4v) is 4.28. The van der Waals surface area contributed by atoms with Gasteiger partial charge >= 0.3 is 12.1 Å². The maximum Gasteiger partial charge on any atom is 0.410 e.